The molecule has 1 aliphatic rings. The molecule has 0 spiro atoms. The van der Waals surface area contributed by atoms with Crippen LogP contribution < -0.4 is 10.9 Å². The van der Waals surface area contributed by atoms with Gasteiger partial charge in [-0.05, 0) is 50.3 Å². The van der Waals surface area contributed by atoms with Gasteiger partial charge in [-0.3, -0.25) is 9.59 Å². The Labute approximate surface area is 158 Å². The topological polar surface area (TPSA) is 88.0 Å². The average Bonchev–Trinajstić information content (AvgIpc) is 3.27. The minimum Gasteiger partial charge on any atom is -0.467 e. The van der Waals surface area contributed by atoms with E-state index in [0.29, 0.717) is 10.9 Å². The normalized spacial score (nSPS) is 15.0. The molecule has 0 fully saturated rings. The Hall–Kier alpha value is -2.06. The summed E-state index contributed by atoms with van der Waals surface area (Å²) in [6, 6.07) is 3.41. The molecular weight excluding hydrogens is 370 g/mol. The first-order valence-electron chi connectivity index (χ1n) is 8.62. The van der Waals surface area contributed by atoms with Crippen LogP contribution in [0.25, 0.3) is 10.2 Å². The van der Waals surface area contributed by atoms with Crippen LogP contribution in [0.2, 0.25) is 0 Å². The van der Waals surface area contributed by atoms with Gasteiger partial charge in [0.05, 0.1) is 23.4 Å². The number of aromatic nitrogens is 2. The first kappa shape index (κ1) is 17.4. The van der Waals surface area contributed by atoms with Gasteiger partial charge in [0.15, 0.2) is 5.16 Å². The number of aryl methyl sites for hydroxylation is 2. The summed E-state index contributed by atoms with van der Waals surface area (Å²) >= 11 is 2.85. The summed E-state index contributed by atoms with van der Waals surface area (Å²) in [5.41, 5.74) is 1.08. The monoisotopic (exact) mass is 389 g/mol. The number of thiophene rings is 1. The number of nitrogens with one attached hydrogen (secondary N) is 2. The van der Waals surface area contributed by atoms with Gasteiger partial charge in [0.25, 0.3) is 5.56 Å². The summed E-state index contributed by atoms with van der Waals surface area (Å²) < 4.78 is 5.28. The molecule has 0 bridgehead atoms. The molecular formula is C18H19N3O3S2. The Kier molecular flexibility index (Phi) is 4.86. The summed E-state index contributed by atoms with van der Waals surface area (Å²) in [6.45, 7) is 1.86. The van der Waals surface area contributed by atoms with Gasteiger partial charge in [-0.15, -0.1) is 11.3 Å². The zero-order valence-electron chi connectivity index (χ0n) is 14.3. The van der Waals surface area contributed by atoms with Gasteiger partial charge in [0.1, 0.15) is 10.6 Å². The number of aromatic amines is 1. The Morgan fingerprint density at radius 2 is 2.31 bits per heavy atom. The van der Waals surface area contributed by atoms with Crippen molar-refractivity contribution < 1.29 is 9.21 Å². The number of hydrogen-bond acceptors (Lipinski definition) is 6. The number of H-pyrrole nitrogens is 1. The second kappa shape index (κ2) is 7.28. The van der Waals surface area contributed by atoms with Crippen molar-refractivity contribution in [3.63, 3.8) is 0 Å². The maximum atomic E-state index is 12.5. The van der Waals surface area contributed by atoms with Crippen LogP contribution in [0.3, 0.4) is 0 Å². The highest BCUT2D eigenvalue weighted by atomic mass is 32.2. The summed E-state index contributed by atoms with van der Waals surface area (Å²) in [5, 5.41) is 4.10. The van der Waals surface area contributed by atoms with Crippen LogP contribution in [0, 0.1) is 0 Å². The second-order valence-electron chi connectivity index (χ2n) is 6.36. The van der Waals surface area contributed by atoms with Crippen molar-refractivity contribution in [3.8, 4) is 0 Å². The molecule has 4 rings (SSSR count). The van der Waals surface area contributed by atoms with Crippen molar-refractivity contribution in [1.82, 2.24) is 15.3 Å². The van der Waals surface area contributed by atoms with E-state index in [4.69, 9.17) is 4.42 Å². The van der Waals surface area contributed by atoms with Gasteiger partial charge < -0.3 is 14.7 Å². The predicted molar refractivity (Wildman–Crippen MR) is 103 cm³/mol. The van der Waals surface area contributed by atoms with Crippen molar-refractivity contribution in [2.45, 2.75) is 43.8 Å². The number of furan rings is 1. The number of nitrogens with zero attached hydrogens (tertiary/aromatic N) is 1. The molecule has 3 aromatic rings. The van der Waals surface area contributed by atoms with Crippen molar-refractivity contribution >= 4 is 39.2 Å². The van der Waals surface area contributed by atoms with Crippen molar-refractivity contribution in [2.24, 2.45) is 0 Å². The first-order chi connectivity index (χ1) is 12.6. The lowest BCUT2D eigenvalue weighted by atomic mass is 9.97. The molecule has 3 aromatic heterocycles. The van der Waals surface area contributed by atoms with Crippen molar-refractivity contribution in [3.05, 3.63) is 45.0 Å². The fraction of sp³-hybridized carbons (Fsp3) is 0.389. The van der Waals surface area contributed by atoms with Gasteiger partial charge in [-0.1, -0.05) is 11.8 Å². The van der Waals surface area contributed by atoms with E-state index in [1.54, 1.807) is 23.7 Å². The molecule has 0 saturated heterocycles. The van der Waals surface area contributed by atoms with E-state index in [1.807, 2.05) is 13.0 Å². The van der Waals surface area contributed by atoms with Crippen molar-refractivity contribution in [2.75, 3.05) is 5.75 Å². The highest BCUT2D eigenvalue weighted by Gasteiger charge is 2.20. The third kappa shape index (κ3) is 3.43. The molecule has 1 aliphatic carbocycles. The molecule has 2 N–H and O–H groups in total. The van der Waals surface area contributed by atoms with Gasteiger partial charge in [-0.25, -0.2) is 4.98 Å². The number of hydrogen-bond donors (Lipinski definition) is 2. The third-order valence-corrected chi connectivity index (χ3v) is 6.55. The highest BCUT2D eigenvalue weighted by molar-refractivity contribution is 7.99. The number of amides is 1. The molecule has 0 saturated carbocycles. The van der Waals surface area contributed by atoms with E-state index in [9.17, 15) is 9.59 Å². The van der Waals surface area contributed by atoms with Gasteiger partial charge in [0.2, 0.25) is 5.91 Å². The number of fused-ring (bicyclic) bond motifs is 3. The van der Waals surface area contributed by atoms with Crippen LogP contribution in [0.1, 0.15) is 42.0 Å². The largest absolute Gasteiger partial charge is 0.467 e. The molecule has 136 valence electrons. The Bertz CT molecular complexity index is 991. The minimum atomic E-state index is -0.198. The van der Waals surface area contributed by atoms with E-state index in [2.05, 4.69) is 15.3 Å². The first-order valence-corrected chi connectivity index (χ1v) is 10.4. The number of rotatable bonds is 5. The zero-order valence-corrected chi connectivity index (χ0v) is 16.0. The van der Waals surface area contributed by atoms with Gasteiger partial charge in [-0.2, -0.15) is 0 Å². The number of thioether (sulfide) groups is 1. The average molecular weight is 390 g/mol. The summed E-state index contributed by atoms with van der Waals surface area (Å²) in [5.74, 6) is 0.762. The molecule has 3 heterocycles. The van der Waals surface area contributed by atoms with E-state index >= 15 is 0 Å². The molecule has 1 amide bonds. The molecule has 6 nitrogen and oxygen atoms in total. The smallest absolute Gasteiger partial charge is 0.260 e. The minimum absolute atomic E-state index is 0.0961. The fourth-order valence-corrected chi connectivity index (χ4v) is 5.23. The molecule has 8 heteroatoms. The highest BCUT2D eigenvalue weighted by Crippen LogP contribution is 2.34. The zero-order chi connectivity index (χ0) is 18.1. The Morgan fingerprint density at radius 3 is 3.12 bits per heavy atom. The third-order valence-electron chi connectivity index (χ3n) is 4.49. The number of carbonyl (C=O) groups excluding carboxylic acids is 1. The van der Waals surface area contributed by atoms with Crippen LogP contribution in [0.15, 0.2) is 32.8 Å². The van der Waals surface area contributed by atoms with E-state index in [-0.39, 0.29) is 23.3 Å². The summed E-state index contributed by atoms with van der Waals surface area (Å²) in [6.07, 6.45) is 5.87. The molecule has 1 atom stereocenters. The van der Waals surface area contributed by atoms with E-state index in [0.717, 1.165) is 29.5 Å². The van der Waals surface area contributed by atoms with E-state index in [1.165, 1.54) is 28.6 Å². The molecule has 26 heavy (non-hydrogen) atoms. The maximum Gasteiger partial charge on any atom is 0.260 e. The van der Waals surface area contributed by atoms with Crippen LogP contribution in [-0.4, -0.2) is 21.6 Å². The Balaban J connectivity index is 1.46. The van der Waals surface area contributed by atoms with Gasteiger partial charge >= 0.3 is 0 Å². The van der Waals surface area contributed by atoms with Crippen LogP contribution in [0.4, 0.5) is 0 Å². The summed E-state index contributed by atoms with van der Waals surface area (Å²) in [7, 11) is 0. The van der Waals surface area contributed by atoms with Crippen LogP contribution in [0.5, 0.6) is 0 Å². The standard InChI is InChI=1S/C18H19N3O3S2/c1-10(12-6-4-8-24-12)19-14(22)9-25-18-20-16(23)15-11-5-2-3-7-13(11)26-17(15)21-18/h4,6,8,10H,2-3,5,7,9H2,1H3,(H,19,22)(H,20,21,23). The van der Waals surface area contributed by atoms with Crippen molar-refractivity contribution in [1.29, 1.82) is 0 Å². The maximum absolute atomic E-state index is 12.5. The fourth-order valence-electron chi connectivity index (χ4n) is 3.24. The second-order valence-corrected chi connectivity index (χ2v) is 8.40. The molecule has 0 aromatic carbocycles. The quantitative estimate of drug-likeness (QED) is 0.516. The molecule has 0 radical (unpaired) electrons. The Morgan fingerprint density at radius 1 is 1.46 bits per heavy atom. The van der Waals surface area contributed by atoms with Crippen LogP contribution >= 0.6 is 23.1 Å². The lowest BCUT2D eigenvalue weighted by Crippen LogP contribution is -2.28. The SMILES string of the molecule is CC(NC(=O)CSc1nc2sc3c(c2c(=O)[nH]1)CCCC3)c1ccco1. The summed E-state index contributed by atoms with van der Waals surface area (Å²) in [4.78, 5) is 34.1. The molecule has 1 unspecified atom stereocenters. The number of carbonyl (C=O) groups is 1. The lowest BCUT2D eigenvalue weighted by molar-refractivity contribution is -0.119. The van der Waals surface area contributed by atoms with Gasteiger partial charge in [0, 0.05) is 4.88 Å². The van der Waals surface area contributed by atoms with Crippen LogP contribution in [-0.2, 0) is 17.6 Å². The molecule has 0 aliphatic heterocycles. The lowest BCUT2D eigenvalue weighted by Gasteiger charge is -2.11. The van der Waals surface area contributed by atoms with E-state index < -0.39 is 0 Å². The predicted octanol–water partition coefficient (Wildman–Crippen LogP) is 3.43.